The highest BCUT2D eigenvalue weighted by atomic mass is 32.2. The predicted molar refractivity (Wildman–Crippen MR) is 94.7 cm³/mol. The molecule has 0 aliphatic heterocycles. The molecule has 0 bridgehead atoms. The van der Waals surface area contributed by atoms with E-state index < -0.39 is 0 Å². The van der Waals surface area contributed by atoms with Crippen molar-refractivity contribution in [2.45, 2.75) is 33.1 Å². The van der Waals surface area contributed by atoms with Gasteiger partial charge in [0.05, 0.1) is 11.3 Å². The minimum Gasteiger partial charge on any atom is -0.345 e. The maximum Gasteiger partial charge on any atom is 0.255 e. The molecule has 122 valence electrons. The zero-order chi connectivity index (χ0) is 16.5. The smallest absolute Gasteiger partial charge is 0.255 e. The second kappa shape index (κ2) is 9.51. The molecule has 1 aromatic carbocycles. The summed E-state index contributed by atoms with van der Waals surface area (Å²) in [4.78, 5) is 25.7. The van der Waals surface area contributed by atoms with Crippen molar-refractivity contribution in [1.29, 1.82) is 0 Å². The molecule has 0 radical (unpaired) electrons. The van der Waals surface area contributed by atoms with Crippen molar-refractivity contribution in [2.75, 3.05) is 30.9 Å². The molecule has 0 aliphatic carbocycles. The maximum absolute atomic E-state index is 12.2. The quantitative estimate of drug-likeness (QED) is 0.745. The Balaban J connectivity index is 2.64. The van der Waals surface area contributed by atoms with E-state index in [9.17, 15) is 9.59 Å². The summed E-state index contributed by atoms with van der Waals surface area (Å²) < 4.78 is 0. The van der Waals surface area contributed by atoms with Gasteiger partial charge in [0.2, 0.25) is 5.91 Å². The molecule has 1 rings (SSSR count). The van der Waals surface area contributed by atoms with E-state index in [0.29, 0.717) is 17.7 Å². The molecular weight excluding hydrogens is 296 g/mol. The number of carbonyl (C=O) groups excluding carboxylic acids is 2. The van der Waals surface area contributed by atoms with E-state index in [-0.39, 0.29) is 11.8 Å². The standard InChI is InChI=1S/C17H26N2O2S/c1-5-6-10-22-11-9-16(20)18-15-8-7-13(2)12-14(15)17(21)19(3)4/h7-8,12H,5-6,9-11H2,1-4H3,(H,18,20). The largest absolute Gasteiger partial charge is 0.345 e. The summed E-state index contributed by atoms with van der Waals surface area (Å²) in [6, 6.07) is 5.51. The third kappa shape index (κ3) is 6.10. The molecule has 4 nitrogen and oxygen atoms in total. The van der Waals surface area contributed by atoms with E-state index in [1.54, 1.807) is 31.9 Å². The van der Waals surface area contributed by atoms with Gasteiger partial charge < -0.3 is 10.2 Å². The fraction of sp³-hybridized carbons (Fsp3) is 0.529. The lowest BCUT2D eigenvalue weighted by Crippen LogP contribution is -2.24. The molecule has 1 N–H and O–H groups in total. The number of unbranched alkanes of at least 4 members (excludes halogenated alkanes) is 1. The summed E-state index contributed by atoms with van der Waals surface area (Å²) >= 11 is 1.80. The molecule has 0 unspecified atom stereocenters. The molecule has 1 aromatic rings. The van der Waals surface area contributed by atoms with Crippen LogP contribution in [0.1, 0.15) is 42.1 Å². The SMILES string of the molecule is CCCCSCCC(=O)Nc1ccc(C)cc1C(=O)N(C)C. The average Bonchev–Trinajstić information content (AvgIpc) is 2.48. The van der Waals surface area contributed by atoms with Crippen molar-refractivity contribution < 1.29 is 9.59 Å². The zero-order valence-electron chi connectivity index (χ0n) is 13.9. The fourth-order valence-corrected chi connectivity index (χ4v) is 2.94. The number of carbonyl (C=O) groups is 2. The highest BCUT2D eigenvalue weighted by Crippen LogP contribution is 2.19. The molecule has 0 spiro atoms. The molecule has 0 aromatic heterocycles. The predicted octanol–water partition coefficient (Wildman–Crippen LogP) is 3.56. The molecule has 2 amide bonds. The van der Waals surface area contributed by atoms with Crippen molar-refractivity contribution in [3.63, 3.8) is 0 Å². The summed E-state index contributed by atoms with van der Waals surface area (Å²) in [5.41, 5.74) is 2.13. The Kier molecular flexibility index (Phi) is 8.02. The van der Waals surface area contributed by atoms with E-state index in [1.165, 1.54) is 17.7 Å². The molecule has 5 heteroatoms. The first kappa shape index (κ1) is 18.6. The summed E-state index contributed by atoms with van der Waals surface area (Å²) in [7, 11) is 3.42. The normalized spacial score (nSPS) is 10.4. The van der Waals surface area contributed by atoms with Gasteiger partial charge in [-0.05, 0) is 31.2 Å². The van der Waals surface area contributed by atoms with E-state index in [1.807, 2.05) is 19.1 Å². The minimum atomic E-state index is -0.101. The lowest BCUT2D eigenvalue weighted by atomic mass is 10.1. The van der Waals surface area contributed by atoms with Crippen molar-refractivity contribution in [2.24, 2.45) is 0 Å². The number of nitrogens with one attached hydrogen (secondary N) is 1. The van der Waals surface area contributed by atoms with Crippen LogP contribution < -0.4 is 5.32 Å². The number of hydrogen-bond donors (Lipinski definition) is 1. The Hall–Kier alpha value is -1.49. The Morgan fingerprint density at radius 1 is 1.23 bits per heavy atom. The number of anilines is 1. The van der Waals surface area contributed by atoms with Crippen LogP contribution in [-0.2, 0) is 4.79 Å². The van der Waals surface area contributed by atoms with Crippen LogP contribution in [0.2, 0.25) is 0 Å². The molecule has 0 atom stereocenters. The first-order valence-electron chi connectivity index (χ1n) is 7.65. The first-order chi connectivity index (χ1) is 10.5. The third-order valence-electron chi connectivity index (χ3n) is 3.20. The number of aryl methyl sites for hydroxylation is 1. The zero-order valence-corrected chi connectivity index (χ0v) is 14.8. The van der Waals surface area contributed by atoms with Crippen LogP contribution in [0.4, 0.5) is 5.69 Å². The summed E-state index contributed by atoms with van der Waals surface area (Å²) in [6.07, 6.45) is 2.84. The van der Waals surface area contributed by atoms with Gasteiger partial charge in [0.15, 0.2) is 0 Å². The van der Waals surface area contributed by atoms with Crippen molar-refractivity contribution in [3.05, 3.63) is 29.3 Å². The van der Waals surface area contributed by atoms with Gasteiger partial charge >= 0.3 is 0 Å². The summed E-state index contributed by atoms with van der Waals surface area (Å²) in [5.74, 6) is 1.77. The summed E-state index contributed by atoms with van der Waals surface area (Å²) in [5, 5.41) is 2.86. The van der Waals surface area contributed by atoms with E-state index in [2.05, 4.69) is 12.2 Å². The van der Waals surface area contributed by atoms with Gasteiger partial charge in [-0.2, -0.15) is 11.8 Å². The lowest BCUT2D eigenvalue weighted by Gasteiger charge is -2.15. The number of amides is 2. The maximum atomic E-state index is 12.2. The average molecular weight is 322 g/mol. The molecule has 0 heterocycles. The second-order valence-corrected chi connectivity index (χ2v) is 6.74. The minimum absolute atomic E-state index is 0.0411. The van der Waals surface area contributed by atoms with E-state index >= 15 is 0 Å². The van der Waals surface area contributed by atoms with Gasteiger partial charge in [0.1, 0.15) is 0 Å². The lowest BCUT2D eigenvalue weighted by molar-refractivity contribution is -0.115. The van der Waals surface area contributed by atoms with E-state index in [4.69, 9.17) is 0 Å². The van der Waals surface area contributed by atoms with Crippen LogP contribution in [0.5, 0.6) is 0 Å². The van der Waals surface area contributed by atoms with Gasteiger partial charge in [0.25, 0.3) is 5.91 Å². The van der Waals surface area contributed by atoms with Crippen LogP contribution in [0.15, 0.2) is 18.2 Å². The number of nitrogens with zero attached hydrogens (tertiary/aromatic N) is 1. The van der Waals surface area contributed by atoms with Crippen LogP contribution in [0.3, 0.4) is 0 Å². The van der Waals surface area contributed by atoms with Crippen molar-refractivity contribution >= 4 is 29.3 Å². The second-order valence-electron chi connectivity index (χ2n) is 5.51. The van der Waals surface area contributed by atoms with Gasteiger partial charge in [-0.1, -0.05) is 25.0 Å². The molecule has 0 saturated heterocycles. The Morgan fingerprint density at radius 2 is 1.95 bits per heavy atom. The molecular formula is C17H26N2O2S. The van der Waals surface area contributed by atoms with Gasteiger partial charge in [-0.25, -0.2) is 0 Å². The highest BCUT2D eigenvalue weighted by molar-refractivity contribution is 7.99. The van der Waals surface area contributed by atoms with Crippen LogP contribution >= 0.6 is 11.8 Å². The topological polar surface area (TPSA) is 49.4 Å². The summed E-state index contributed by atoms with van der Waals surface area (Å²) in [6.45, 7) is 4.09. The van der Waals surface area contributed by atoms with Crippen LogP contribution in [0.25, 0.3) is 0 Å². The fourth-order valence-electron chi connectivity index (χ4n) is 1.91. The Morgan fingerprint density at radius 3 is 2.59 bits per heavy atom. The van der Waals surface area contributed by atoms with Gasteiger partial charge in [-0.3, -0.25) is 9.59 Å². The Bertz CT molecular complexity index is 515. The Labute approximate surface area is 137 Å². The van der Waals surface area contributed by atoms with Crippen LogP contribution in [-0.4, -0.2) is 42.3 Å². The van der Waals surface area contributed by atoms with Gasteiger partial charge in [-0.15, -0.1) is 0 Å². The van der Waals surface area contributed by atoms with E-state index in [0.717, 1.165) is 17.1 Å². The molecule has 22 heavy (non-hydrogen) atoms. The van der Waals surface area contributed by atoms with Crippen molar-refractivity contribution in [3.8, 4) is 0 Å². The number of benzene rings is 1. The highest BCUT2D eigenvalue weighted by Gasteiger charge is 2.15. The third-order valence-corrected chi connectivity index (χ3v) is 4.27. The first-order valence-corrected chi connectivity index (χ1v) is 8.81. The number of thioether (sulfide) groups is 1. The molecule has 0 aliphatic rings. The number of hydrogen-bond acceptors (Lipinski definition) is 3. The molecule has 0 fully saturated rings. The number of rotatable bonds is 8. The monoisotopic (exact) mass is 322 g/mol. The molecule has 0 saturated carbocycles. The van der Waals surface area contributed by atoms with Crippen LogP contribution in [0, 0.1) is 6.92 Å². The van der Waals surface area contributed by atoms with Gasteiger partial charge in [0, 0.05) is 26.3 Å². The van der Waals surface area contributed by atoms with Crippen molar-refractivity contribution in [1.82, 2.24) is 4.90 Å².